The number of nitriles is 2. The van der Waals surface area contributed by atoms with E-state index in [1.807, 2.05) is 24.3 Å². The molecular formula is C35H19N3S. The minimum absolute atomic E-state index is 0.587. The van der Waals surface area contributed by atoms with Crippen molar-refractivity contribution in [2.45, 2.75) is 0 Å². The molecule has 0 unspecified atom stereocenters. The van der Waals surface area contributed by atoms with Gasteiger partial charge in [0.05, 0.1) is 33.5 Å². The topological polar surface area (TPSA) is 60.5 Å². The van der Waals surface area contributed by atoms with Crippen molar-refractivity contribution < 1.29 is 0 Å². The van der Waals surface area contributed by atoms with Crippen molar-refractivity contribution in [3.05, 3.63) is 126 Å². The van der Waals surface area contributed by atoms with Gasteiger partial charge in [-0.15, -0.1) is 11.3 Å². The predicted octanol–water partition coefficient (Wildman–Crippen LogP) is 9.35. The van der Waals surface area contributed by atoms with Gasteiger partial charge in [-0.25, -0.2) is 4.98 Å². The molecule has 39 heavy (non-hydrogen) atoms. The first-order valence-corrected chi connectivity index (χ1v) is 13.4. The Balaban J connectivity index is 1.31. The zero-order valence-electron chi connectivity index (χ0n) is 20.7. The van der Waals surface area contributed by atoms with Crippen LogP contribution in [0.2, 0.25) is 0 Å². The minimum Gasteiger partial charge on any atom is -0.236 e. The lowest BCUT2D eigenvalue weighted by Crippen LogP contribution is -1.87. The third-order valence-corrected chi connectivity index (χ3v) is 8.19. The summed E-state index contributed by atoms with van der Waals surface area (Å²) in [6, 6.07) is 43.8. The molecule has 0 radical (unpaired) electrons. The van der Waals surface area contributed by atoms with E-state index in [-0.39, 0.29) is 0 Å². The Kier molecular flexibility index (Phi) is 5.41. The highest BCUT2D eigenvalue weighted by atomic mass is 32.1. The molecular weight excluding hydrogens is 494 g/mol. The first-order chi connectivity index (χ1) is 19.2. The molecule has 7 rings (SSSR count). The number of hydrogen-bond donors (Lipinski definition) is 0. The summed E-state index contributed by atoms with van der Waals surface area (Å²) in [5, 5.41) is 24.8. The molecule has 7 aromatic rings. The van der Waals surface area contributed by atoms with Gasteiger partial charge < -0.3 is 0 Å². The van der Waals surface area contributed by atoms with Crippen LogP contribution < -0.4 is 0 Å². The van der Waals surface area contributed by atoms with Gasteiger partial charge in [-0.1, -0.05) is 72.8 Å². The van der Waals surface area contributed by atoms with Crippen LogP contribution in [-0.2, 0) is 0 Å². The standard InChI is InChI=1S/C35H19N3S/c36-20-22-9-14-33-34(17-22)39-35(38-33)28-16-23(21-37)15-27(18-28)24-10-12-25(13-11-24)32-19-26-5-1-2-6-29(26)30-7-3-4-8-31(30)32/h1-19H. The highest BCUT2D eigenvalue weighted by Gasteiger charge is 2.12. The van der Waals surface area contributed by atoms with Crippen LogP contribution in [-0.4, -0.2) is 4.98 Å². The zero-order valence-corrected chi connectivity index (χ0v) is 21.5. The lowest BCUT2D eigenvalue weighted by Gasteiger charge is -2.12. The van der Waals surface area contributed by atoms with Crippen molar-refractivity contribution in [3.8, 4) is 45.0 Å². The van der Waals surface area contributed by atoms with Crippen LogP contribution in [0.5, 0.6) is 0 Å². The monoisotopic (exact) mass is 513 g/mol. The summed E-state index contributed by atoms with van der Waals surface area (Å²) in [5.41, 5.74) is 7.31. The molecule has 1 heterocycles. The van der Waals surface area contributed by atoms with E-state index in [0.29, 0.717) is 11.1 Å². The van der Waals surface area contributed by atoms with Crippen LogP contribution in [0.25, 0.3) is 64.6 Å². The first-order valence-electron chi connectivity index (χ1n) is 12.6. The molecule has 0 aliphatic rings. The van der Waals surface area contributed by atoms with E-state index >= 15 is 0 Å². The minimum atomic E-state index is 0.587. The summed E-state index contributed by atoms with van der Waals surface area (Å²) in [4.78, 5) is 4.78. The van der Waals surface area contributed by atoms with E-state index in [9.17, 15) is 10.5 Å². The van der Waals surface area contributed by atoms with Gasteiger partial charge in [-0.05, 0) is 86.3 Å². The smallest absolute Gasteiger partial charge is 0.124 e. The van der Waals surface area contributed by atoms with Gasteiger partial charge in [0.2, 0.25) is 0 Å². The van der Waals surface area contributed by atoms with Gasteiger partial charge >= 0.3 is 0 Å². The SMILES string of the molecule is N#Cc1cc(-c2ccc(-c3cc4ccccc4c4ccccc34)cc2)cc(-c2nc3ccc(C#N)cc3s2)c1. The van der Waals surface area contributed by atoms with E-state index in [0.717, 1.165) is 37.5 Å². The lowest BCUT2D eigenvalue weighted by atomic mass is 9.92. The normalized spacial score (nSPS) is 11.0. The van der Waals surface area contributed by atoms with Crippen molar-refractivity contribution in [1.82, 2.24) is 4.98 Å². The molecule has 0 spiro atoms. The highest BCUT2D eigenvalue weighted by molar-refractivity contribution is 7.21. The van der Waals surface area contributed by atoms with Crippen molar-refractivity contribution in [2.75, 3.05) is 0 Å². The van der Waals surface area contributed by atoms with Gasteiger partial charge in [0.15, 0.2) is 0 Å². The van der Waals surface area contributed by atoms with E-state index in [1.54, 1.807) is 6.07 Å². The average molecular weight is 514 g/mol. The fourth-order valence-corrected chi connectivity index (χ4v) is 6.23. The average Bonchev–Trinajstić information content (AvgIpc) is 3.44. The number of thiazole rings is 1. The number of rotatable bonds is 3. The molecule has 0 fully saturated rings. The Bertz CT molecular complexity index is 2140. The number of hydrogen-bond acceptors (Lipinski definition) is 4. The van der Waals surface area contributed by atoms with E-state index in [4.69, 9.17) is 4.98 Å². The molecule has 0 saturated heterocycles. The molecule has 0 bridgehead atoms. The zero-order chi connectivity index (χ0) is 26.3. The number of nitrogens with zero attached hydrogens (tertiary/aromatic N) is 3. The second-order valence-corrected chi connectivity index (χ2v) is 10.5. The predicted molar refractivity (Wildman–Crippen MR) is 160 cm³/mol. The lowest BCUT2D eigenvalue weighted by molar-refractivity contribution is 1.44. The summed E-state index contributed by atoms with van der Waals surface area (Å²) in [7, 11) is 0. The molecule has 0 atom stereocenters. The maximum atomic E-state index is 9.77. The van der Waals surface area contributed by atoms with Gasteiger partial charge in [0.1, 0.15) is 5.01 Å². The third kappa shape index (κ3) is 4.01. The number of aromatic nitrogens is 1. The fourth-order valence-electron chi connectivity index (χ4n) is 5.24. The Morgan fingerprint density at radius 1 is 0.538 bits per heavy atom. The second kappa shape index (κ2) is 9.23. The Hall–Kier alpha value is -5.29. The molecule has 180 valence electrons. The van der Waals surface area contributed by atoms with Crippen molar-refractivity contribution in [3.63, 3.8) is 0 Å². The highest BCUT2D eigenvalue weighted by Crippen LogP contribution is 2.37. The van der Waals surface area contributed by atoms with E-state index in [2.05, 4.69) is 97.1 Å². The fraction of sp³-hybridized carbons (Fsp3) is 0. The molecule has 0 aliphatic carbocycles. The maximum absolute atomic E-state index is 9.77. The Labute approximate surface area is 229 Å². The molecule has 1 aromatic heterocycles. The maximum Gasteiger partial charge on any atom is 0.124 e. The van der Waals surface area contributed by atoms with Crippen LogP contribution in [0, 0.1) is 22.7 Å². The largest absolute Gasteiger partial charge is 0.236 e. The van der Waals surface area contributed by atoms with Crippen LogP contribution in [0.15, 0.2) is 115 Å². The molecule has 4 heteroatoms. The molecule has 0 amide bonds. The van der Waals surface area contributed by atoms with E-state index in [1.165, 1.54) is 38.4 Å². The van der Waals surface area contributed by atoms with Crippen LogP contribution in [0.1, 0.15) is 11.1 Å². The molecule has 0 N–H and O–H groups in total. The number of benzene rings is 6. The van der Waals surface area contributed by atoms with Crippen LogP contribution in [0.3, 0.4) is 0 Å². The number of fused-ring (bicyclic) bond motifs is 4. The molecule has 6 aromatic carbocycles. The summed E-state index contributed by atoms with van der Waals surface area (Å²) in [5.74, 6) is 0. The molecule has 0 saturated carbocycles. The quantitative estimate of drug-likeness (QED) is 0.221. The van der Waals surface area contributed by atoms with Crippen LogP contribution >= 0.6 is 11.3 Å². The van der Waals surface area contributed by atoms with Crippen molar-refractivity contribution >= 4 is 43.1 Å². The van der Waals surface area contributed by atoms with Gasteiger partial charge in [-0.2, -0.15) is 10.5 Å². The van der Waals surface area contributed by atoms with Crippen molar-refractivity contribution in [2.24, 2.45) is 0 Å². The summed E-state index contributed by atoms with van der Waals surface area (Å²) >= 11 is 1.53. The van der Waals surface area contributed by atoms with E-state index < -0.39 is 0 Å². The molecule has 3 nitrogen and oxygen atoms in total. The Morgan fingerprint density at radius 2 is 1.23 bits per heavy atom. The summed E-state index contributed by atoms with van der Waals surface area (Å²) in [6.45, 7) is 0. The van der Waals surface area contributed by atoms with Gasteiger partial charge in [0.25, 0.3) is 0 Å². The second-order valence-electron chi connectivity index (χ2n) is 9.49. The summed E-state index contributed by atoms with van der Waals surface area (Å²) < 4.78 is 0.958. The van der Waals surface area contributed by atoms with Crippen molar-refractivity contribution in [1.29, 1.82) is 10.5 Å². The van der Waals surface area contributed by atoms with Gasteiger partial charge in [0, 0.05) is 5.56 Å². The van der Waals surface area contributed by atoms with Gasteiger partial charge in [-0.3, -0.25) is 0 Å². The van der Waals surface area contributed by atoms with Crippen LogP contribution in [0.4, 0.5) is 0 Å². The first kappa shape index (κ1) is 22.9. The Morgan fingerprint density at radius 3 is 2.03 bits per heavy atom. The molecule has 0 aliphatic heterocycles. The third-order valence-electron chi connectivity index (χ3n) is 7.12. The summed E-state index contributed by atoms with van der Waals surface area (Å²) in [6.07, 6.45) is 0.